The first-order chi connectivity index (χ1) is 14.0. The summed E-state index contributed by atoms with van der Waals surface area (Å²) < 4.78 is 2.23. The van der Waals surface area contributed by atoms with E-state index in [0.717, 1.165) is 33.6 Å². The zero-order valence-electron chi connectivity index (χ0n) is 16.8. The highest BCUT2D eigenvalue weighted by Crippen LogP contribution is 2.40. The molecule has 0 spiro atoms. The van der Waals surface area contributed by atoms with E-state index in [0.29, 0.717) is 5.92 Å². The number of pyridine rings is 1. The number of rotatable bonds is 5. The molecule has 4 nitrogen and oxygen atoms in total. The average molecular weight is 425 g/mol. The van der Waals surface area contributed by atoms with Crippen molar-refractivity contribution in [1.82, 2.24) is 19.8 Å². The van der Waals surface area contributed by atoms with Crippen LogP contribution in [0.1, 0.15) is 42.9 Å². The average Bonchev–Trinajstić information content (AvgIpc) is 3.29. The van der Waals surface area contributed by atoms with Crippen LogP contribution >= 0.6 is 23.8 Å². The lowest BCUT2D eigenvalue weighted by Crippen LogP contribution is -2.33. The molecule has 3 aromatic rings. The number of benzene rings is 1. The summed E-state index contributed by atoms with van der Waals surface area (Å²) in [5, 5.41) is 5.08. The number of aromatic nitrogens is 2. The van der Waals surface area contributed by atoms with Gasteiger partial charge in [0, 0.05) is 35.3 Å². The molecule has 0 bridgehead atoms. The zero-order chi connectivity index (χ0) is 20.5. The molecule has 1 aliphatic heterocycles. The van der Waals surface area contributed by atoms with Gasteiger partial charge < -0.3 is 14.8 Å². The van der Waals surface area contributed by atoms with Crippen molar-refractivity contribution < 1.29 is 0 Å². The largest absolute Gasteiger partial charge is 0.352 e. The summed E-state index contributed by atoms with van der Waals surface area (Å²) in [7, 11) is 0. The lowest BCUT2D eigenvalue weighted by atomic mass is 10.0. The molecule has 0 amide bonds. The summed E-state index contributed by atoms with van der Waals surface area (Å²) >= 11 is 12.0. The van der Waals surface area contributed by atoms with Gasteiger partial charge in [0.1, 0.15) is 0 Å². The van der Waals surface area contributed by atoms with Gasteiger partial charge >= 0.3 is 0 Å². The van der Waals surface area contributed by atoms with Crippen LogP contribution in [0.2, 0.25) is 5.02 Å². The third-order valence-electron chi connectivity index (χ3n) is 5.26. The molecule has 1 fully saturated rings. The van der Waals surface area contributed by atoms with Crippen LogP contribution in [-0.4, -0.2) is 26.1 Å². The lowest BCUT2D eigenvalue weighted by molar-refractivity contribution is 0.280. The third-order valence-corrected chi connectivity index (χ3v) is 6.04. The van der Waals surface area contributed by atoms with Crippen molar-refractivity contribution >= 4 is 28.9 Å². The first-order valence-electron chi connectivity index (χ1n) is 9.87. The molecule has 0 unspecified atom stereocenters. The minimum Gasteiger partial charge on any atom is -0.352 e. The minimum absolute atomic E-state index is 0.00972. The fraction of sp³-hybridized carbons (Fsp3) is 0.304. The monoisotopic (exact) mass is 424 g/mol. The second-order valence-corrected chi connectivity index (χ2v) is 8.70. The second kappa shape index (κ2) is 8.17. The smallest absolute Gasteiger partial charge is 0.170 e. The van der Waals surface area contributed by atoms with Gasteiger partial charge in [0.05, 0.1) is 17.8 Å². The molecular formula is C23H25ClN4S. The molecule has 150 valence electrons. The Balaban J connectivity index is 1.82. The number of halogens is 1. The number of hydrogen-bond donors (Lipinski definition) is 1. The van der Waals surface area contributed by atoms with Crippen molar-refractivity contribution in [2.24, 2.45) is 5.92 Å². The van der Waals surface area contributed by atoms with Gasteiger partial charge in [-0.05, 0) is 73.1 Å². The first-order valence-corrected chi connectivity index (χ1v) is 10.7. The van der Waals surface area contributed by atoms with Crippen molar-refractivity contribution in [3.8, 4) is 5.69 Å². The summed E-state index contributed by atoms with van der Waals surface area (Å²) in [5.41, 5.74) is 4.32. The number of hydrogen-bond acceptors (Lipinski definition) is 2. The predicted molar refractivity (Wildman–Crippen MR) is 123 cm³/mol. The zero-order valence-corrected chi connectivity index (χ0v) is 18.4. The highest BCUT2D eigenvalue weighted by molar-refractivity contribution is 7.80. The number of thiocarbonyl (C=S) groups is 1. The van der Waals surface area contributed by atoms with E-state index in [1.165, 1.54) is 5.69 Å². The van der Waals surface area contributed by atoms with Gasteiger partial charge in [-0.3, -0.25) is 4.98 Å². The van der Waals surface area contributed by atoms with Crippen LogP contribution in [0.15, 0.2) is 60.9 Å². The van der Waals surface area contributed by atoms with Gasteiger partial charge in [-0.25, -0.2) is 0 Å². The van der Waals surface area contributed by atoms with Crippen LogP contribution in [0.5, 0.6) is 0 Å². The van der Waals surface area contributed by atoms with E-state index >= 15 is 0 Å². The molecule has 29 heavy (non-hydrogen) atoms. The van der Waals surface area contributed by atoms with Crippen molar-refractivity contribution in [3.05, 3.63) is 82.9 Å². The Morgan fingerprint density at radius 2 is 2.00 bits per heavy atom. The molecule has 2 atom stereocenters. The van der Waals surface area contributed by atoms with Crippen LogP contribution in [0.3, 0.4) is 0 Å². The number of nitrogens with zero attached hydrogens (tertiary/aromatic N) is 3. The maximum Gasteiger partial charge on any atom is 0.170 e. The van der Waals surface area contributed by atoms with Crippen LogP contribution in [-0.2, 0) is 0 Å². The number of aryl methyl sites for hydroxylation is 1. The normalized spacial score (nSPS) is 19.1. The van der Waals surface area contributed by atoms with Crippen LogP contribution in [0.25, 0.3) is 5.69 Å². The molecule has 1 aromatic carbocycles. The van der Waals surface area contributed by atoms with Gasteiger partial charge in [0.15, 0.2) is 5.11 Å². The van der Waals surface area contributed by atoms with Gasteiger partial charge in [-0.1, -0.05) is 31.5 Å². The van der Waals surface area contributed by atoms with E-state index in [1.807, 2.05) is 31.3 Å². The van der Waals surface area contributed by atoms with Gasteiger partial charge in [0.25, 0.3) is 0 Å². The Hall–Kier alpha value is -2.37. The maximum atomic E-state index is 6.26. The van der Waals surface area contributed by atoms with Crippen LogP contribution in [0, 0.1) is 12.8 Å². The topological polar surface area (TPSA) is 33.1 Å². The highest BCUT2D eigenvalue weighted by Gasteiger charge is 2.41. The van der Waals surface area contributed by atoms with Crippen LogP contribution < -0.4 is 5.32 Å². The minimum atomic E-state index is -0.00972. The Labute approximate surface area is 182 Å². The van der Waals surface area contributed by atoms with E-state index in [2.05, 4.69) is 70.1 Å². The molecule has 0 saturated carbocycles. The summed E-state index contributed by atoms with van der Waals surface area (Å²) in [6.07, 6.45) is 3.94. The molecule has 4 rings (SSSR count). The van der Waals surface area contributed by atoms with Crippen molar-refractivity contribution in [3.63, 3.8) is 0 Å². The van der Waals surface area contributed by atoms with Crippen LogP contribution in [0.4, 0.5) is 0 Å². The Morgan fingerprint density at radius 3 is 2.69 bits per heavy atom. The SMILES string of the molecule is Cc1cc(-n2cccc2[C@@H]2[C@@H](c3ccccn3)NC(=S)N2CC(C)C)ccc1Cl. The first kappa shape index (κ1) is 19.9. The Morgan fingerprint density at radius 1 is 1.17 bits per heavy atom. The summed E-state index contributed by atoms with van der Waals surface area (Å²) in [6.45, 7) is 7.35. The van der Waals surface area contributed by atoms with E-state index in [1.54, 1.807) is 0 Å². The molecule has 0 aliphatic carbocycles. The fourth-order valence-corrected chi connectivity index (χ4v) is 4.40. The van der Waals surface area contributed by atoms with E-state index in [4.69, 9.17) is 23.8 Å². The van der Waals surface area contributed by atoms with E-state index < -0.39 is 0 Å². The fourth-order valence-electron chi connectivity index (χ4n) is 3.97. The molecule has 3 heterocycles. The number of nitrogens with one attached hydrogen (secondary N) is 1. The third kappa shape index (κ3) is 3.89. The predicted octanol–water partition coefficient (Wildman–Crippen LogP) is 5.46. The Kier molecular flexibility index (Phi) is 5.61. The van der Waals surface area contributed by atoms with E-state index in [-0.39, 0.29) is 12.1 Å². The summed E-state index contributed by atoms with van der Waals surface area (Å²) in [4.78, 5) is 6.92. The maximum absolute atomic E-state index is 6.26. The molecule has 1 aliphatic rings. The van der Waals surface area contributed by atoms with E-state index in [9.17, 15) is 0 Å². The molecular weight excluding hydrogens is 400 g/mol. The van der Waals surface area contributed by atoms with Crippen molar-refractivity contribution in [2.75, 3.05) is 6.54 Å². The molecule has 2 aromatic heterocycles. The quantitative estimate of drug-likeness (QED) is 0.551. The van der Waals surface area contributed by atoms with Crippen molar-refractivity contribution in [1.29, 1.82) is 0 Å². The molecule has 1 N–H and O–H groups in total. The Bertz CT molecular complexity index is 1010. The highest BCUT2D eigenvalue weighted by atomic mass is 35.5. The van der Waals surface area contributed by atoms with Gasteiger partial charge in [-0.2, -0.15) is 0 Å². The standard InChI is InChI=1S/C23H25ClN4S/c1-15(2)14-28-22(21(26-23(28)29)19-7-4-5-11-25-19)20-8-6-12-27(20)17-9-10-18(24)16(3)13-17/h4-13,15,21-22H,14H2,1-3H3,(H,26,29)/t21-,22-/m1/s1. The van der Waals surface area contributed by atoms with Gasteiger partial charge in [-0.15, -0.1) is 0 Å². The molecule has 1 saturated heterocycles. The van der Waals surface area contributed by atoms with Crippen molar-refractivity contribution in [2.45, 2.75) is 32.9 Å². The molecule has 6 heteroatoms. The molecule has 0 radical (unpaired) electrons. The lowest BCUT2D eigenvalue weighted by Gasteiger charge is -2.30. The van der Waals surface area contributed by atoms with Gasteiger partial charge in [0.2, 0.25) is 0 Å². The second-order valence-electron chi connectivity index (χ2n) is 7.91. The summed E-state index contributed by atoms with van der Waals surface area (Å²) in [5.74, 6) is 0.487. The summed E-state index contributed by atoms with van der Waals surface area (Å²) in [6, 6.07) is 16.5.